The number of aromatic nitrogens is 2. The summed E-state index contributed by atoms with van der Waals surface area (Å²) in [4.78, 5) is 16.9. The lowest BCUT2D eigenvalue weighted by atomic mass is 10.2. The second kappa shape index (κ2) is 4.39. The Bertz CT molecular complexity index is 847. The molecule has 1 aliphatic carbocycles. The van der Waals surface area contributed by atoms with E-state index in [2.05, 4.69) is 4.98 Å². The van der Waals surface area contributed by atoms with Gasteiger partial charge in [-0.05, 0) is 37.1 Å². The van der Waals surface area contributed by atoms with Crippen molar-refractivity contribution >= 4 is 22.3 Å². The Morgan fingerprint density at radius 3 is 2.67 bits per heavy atom. The molecule has 1 aliphatic rings. The highest BCUT2D eigenvalue weighted by molar-refractivity contribution is 7.19. The summed E-state index contributed by atoms with van der Waals surface area (Å²) in [5, 5.41) is 9.31. The van der Waals surface area contributed by atoms with Crippen molar-refractivity contribution in [1.29, 1.82) is 0 Å². The molecule has 2 aromatic heterocycles. The van der Waals surface area contributed by atoms with Crippen LogP contribution >= 0.6 is 11.3 Å². The zero-order chi connectivity index (χ0) is 14.6. The summed E-state index contributed by atoms with van der Waals surface area (Å²) in [6, 6.07) is 6.15. The molecule has 1 saturated carbocycles. The Kier molecular flexibility index (Phi) is 2.62. The van der Waals surface area contributed by atoms with Crippen LogP contribution in [0.2, 0.25) is 0 Å². The first-order chi connectivity index (χ1) is 10.1. The van der Waals surface area contributed by atoms with Gasteiger partial charge in [0.1, 0.15) is 10.7 Å². The number of nitrogens with zero attached hydrogens (tertiary/aromatic N) is 2. The monoisotopic (exact) mass is 302 g/mol. The standard InChI is InChI=1S/C15H11FN2O2S/c16-10-5-3-8(4-6-10)11-7-18-12(9-1-2-9)13(14(19)20)21-15(18)17-11/h3-7,9H,1-2H2,(H,19,20). The summed E-state index contributed by atoms with van der Waals surface area (Å²) < 4.78 is 14.9. The van der Waals surface area contributed by atoms with E-state index >= 15 is 0 Å². The fourth-order valence-electron chi connectivity index (χ4n) is 2.51. The van der Waals surface area contributed by atoms with Gasteiger partial charge in [0, 0.05) is 17.7 Å². The van der Waals surface area contributed by atoms with Gasteiger partial charge in [-0.2, -0.15) is 0 Å². The number of carboxylic acids is 1. The van der Waals surface area contributed by atoms with Gasteiger partial charge in [-0.15, -0.1) is 0 Å². The van der Waals surface area contributed by atoms with E-state index in [9.17, 15) is 14.3 Å². The molecule has 0 amide bonds. The normalized spacial score (nSPS) is 14.7. The van der Waals surface area contributed by atoms with Crippen LogP contribution in [-0.2, 0) is 0 Å². The van der Waals surface area contributed by atoms with Crippen LogP contribution in [0, 0.1) is 5.82 Å². The topological polar surface area (TPSA) is 54.6 Å². The number of aromatic carboxylic acids is 1. The first-order valence-corrected chi connectivity index (χ1v) is 7.46. The van der Waals surface area contributed by atoms with Gasteiger partial charge in [-0.1, -0.05) is 11.3 Å². The van der Waals surface area contributed by atoms with E-state index in [0.717, 1.165) is 29.8 Å². The summed E-state index contributed by atoms with van der Waals surface area (Å²) in [6.45, 7) is 0. The molecule has 106 valence electrons. The van der Waals surface area contributed by atoms with Gasteiger partial charge in [0.15, 0.2) is 4.96 Å². The van der Waals surface area contributed by atoms with Crippen LogP contribution in [0.3, 0.4) is 0 Å². The van der Waals surface area contributed by atoms with Crippen molar-refractivity contribution in [2.45, 2.75) is 18.8 Å². The predicted octanol–water partition coefficient (Wildman–Crippen LogP) is 3.78. The maximum atomic E-state index is 13.0. The van der Waals surface area contributed by atoms with E-state index in [1.807, 2.05) is 10.6 Å². The molecule has 6 heteroatoms. The molecule has 0 saturated heterocycles. The lowest BCUT2D eigenvalue weighted by Crippen LogP contribution is -1.99. The van der Waals surface area contributed by atoms with Crippen molar-refractivity contribution in [1.82, 2.24) is 9.38 Å². The smallest absolute Gasteiger partial charge is 0.347 e. The van der Waals surface area contributed by atoms with Gasteiger partial charge in [-0.3, -0.25) is 4.40 Å². The van der Waals surface area contributed by atoms with Crippen molar-refractivity contribution in [3.63, 3.8) is 0 Å². The largest absolute Gasteiger partial charge is 0.477 e. The molecule has 3 aromatic rings. The number of carbonyl (C=O) groups is 1. The molecule has 1 N–H and O–H groups in total. The van der Waals surface area contributed by atoms with Crippen molar-refractivity contribution in [3.8, 4) is 11.3 Å². The summed E-state index contributed by atoms with van der Waals surface area (Å²) in [7, 11) is 0. The Balaban J connectivity index is 1.87. The number of thiazole rings is 1. The highest BCUT2D eigenvalue weighted by Crippen LogP contribution is 2.44. The number of fused-ring (bicyclic) bond motifs is 1. The number of hydrogen-bond acceptors (Lipinski definition) is 3. The van der Waals surface area contributed by atoms with Gasteiger partial charge >= 0.3 is 5.97 Å². The third kappa shape index (κ3) is 2.03. The van der Waals surface area contributed by atoms with E-state index in [0.29, 0.717) is 15.8 Å². The highest BCUT2D eigenvalue weighted by Gasteiger charge is 2.33. The first kappa shape index (κ1) is 12.5. The van der Waals surface area contributed by atoms with Gasteiger partial charge < -0.3 is 5.11 Å². The third-order valence-corrected chi connectivity index (χ3v) is 4.72. The fraction of sp³-hybridized carbons (Fsp3) is 0.200. The van der Waals surface area contributed by atoms with Crippen LogP contribution in [0.5, 0.6) is 0 Å². The number of imidazole rings is 1. The van der Waals surface area contributed by atoms with Gasteiger partial charge in [0.2, 0.25) is 0 Å². The van der Waals surface area contributed by atoms with Crippen LogP contribution in [0.4, 0.5) is 4.39 Å². The molecule has 2 heterocycles. The molecule has 4 rings (SSSR count). The molecular formula is C15H11FN2O2S. The summed E-state index contributed by atoms with van der Waals surface area (Å²) in [5.74, 6) is -0.859. The third-order valence-electron chi connectivity index (χ3n) is 3.66. The molecule has 0 aliphatic heterocycles. The number of halogens is 1. The van der Waals surface area contributed by atoms with Gasteiger partial charge in [0.25, 0.3) is 0 Å². The Morgan fingerprint density at radius 1 is 1.33 bits per heavy atom. The molecule has 0 spiro atoms. The molecule has 0 unspecified atom stereocenters. The first-order valence-electron chi connectivity index (χ1n) is 6.64. The van der Waals surface area contributed by atoms with Crippen molar-refractivity contribution in [3.05, 3.63) is 46.9 Å². The van der Waals surface area contributed by atoms with Crippen molar-refractivity contribution in [2.24, 2.45) is 0 Å². The van der Waals surface area contributed by atoms with E-state index in [1.54, 1.807) is 12.1 Å². The minimum absolute atomic E-state index is 0.286. The molecule has 21 heavy (non-hydrogen) atoms. The average molecular weight is 302 g/mol. The van der Waals surface area contributed by atoms with Crippen LogP contribution in [-0.4, -0.2) is 20.5 Å². The Labute approximate surface area is 123 Å². The van der Waals surface area contributed by atoms with Gasteiger partial charge in [-0.25, -0.2) is 14.2 Å². The zero-order valence-corrected chi connectivity index (χ0v) is 11.7. The molecular weight excluding hydrogens is 291 g/mol. The molecule has 1 fully saturated rings. The maximum Gasteiger partial charge on any atom is 0.347 e. The minimum atomic E-state index is -0.893. The van der Waals surface area contributed by atoms with Gasteiger partial charge in [0.05, 0.1) is 11.4 Å². The minimum Gasteiger partial charge on any atom is -0.477 e. The average Bonchev–Trinajstić information content (AvgIpc) is 3.09. The molecule has 0 bridgehead atoms. The highest BCUT2D eigenvalue weighted by atomic mass is 32.1. The number of hydrogen-bond donors (Lipinski definition) is 1. The lowest BCUT2D eigenvalue weighted by Gasteiger charge is -1.99. The molecule has 0 atom stereocenters. The predicted molar refractivity (Wildman–Crippen MR) is 77.4 cm³/mol. The quantitative estimate of drug-likeness (QED) is 0.801. The van der Waals surface area contributed by atoms with Crippen LogP contribution in [0.15, 0.2) is 30.5 Å². The molecule has 4 nitrogen and oxygen atoms in total. The molecule has 1 aromatic carbocycles. The number of benzene rings is 1. The number of rotatable bonds is 3. The fourth-order valence-corrected chi connectivity index (χ4v) is 3.55. The summed E-state index contributed by atoms with van der Waals surface area (Å²) >= 11 is 1.20. The van der Waals surface area contributed by atoms with Crippen LogP contribution in [0.1, 0.15) is 34.1 Å². The second-order valence-electron chi connectivity index (χ2n) is 5.18. The summed E-state index contributed by atoms with van der Waals surface area (Å²) in [5.41, 5.74) is 2.41. The van der Waals surface area contributed by atoms with E-state index < -0.39 is 5.97 Å². The van der Waals surface area contributed by atoms with E-state index in [1.165, 1.54) is 23.5 Å². The second-order valence-corrected chi connectivity index (χ2v) is 6.16. The van der Waals surface area contributed by atoms with Crippen LogP contribution in [0.25, 0.3) is 16.2 Å². The van der Waals surface area contributed by atoms with E-state index in [-0.39, 0.29) is 5.82 Å². The Hall–Kier alpha value is -2.21. The lowest BCUT2D eigenvalue weighted by molar-refractivity contribution is 0.0700. The van der Waals surface area contributed by atoms with Crippen LogP contribution < -0.4 is 0 Å². The van der Waals surface area contributed by atoms with Crippen molar-refractivity contribution in [2.75, 3.05) is 0 Å². The maximum absolute atomic E-state index is 13.0. The Morgan fingerprint density at radius 2 is 2.05 bits per heavy atom. The van der Waals surface area contributed by atoms with E-state index in [4.69, 9.17) is 0 Å². The van der Waals surface area contributed by atoms with Crippen molar-refractivity contribution < 1.29 is 14.3 Å². The molecule has 0 radical (unpaired) electrons. The SMILES string of the molecule is O=C(O)c1sc2nc(-c3ccc(F)cc3)cn2c1C1CC1. The number of carboxylic acid groups (broad SMARTS) is 1. The zero-order valence-electron chi connectivity index (χ0n) is 10.9. The summed E-state index contributed by atoms with van der Waals surface area (Å²) in [6.07, 6.45) is 3.89.